The number of fused-ring (bicyclic) bond motifs is 2. The molecule has 184 valence electrons. The second-order valence-corrected chi connectivity index (χ2v) is 9.03. The number of non-ortho nitro benzene ring substituents is 1. The Morgan fingerprint density at radius 3 is 2.47 bits per heavy atom. The molecule has 3 amide bonds. The smallest absolute Gasteiger partial charge is 0.270 e. The maximum Gasteiger partial charge on any atom is 0.270 e. The largest absolute Gasteiger partial charge is 0.353 e. The Hall–Kier alpha value is -4.34. The number of benzene rings is 2. The molecule has 1 saturated heterocycles. The molecule has 3 aromatic rings. The van der Waals surface area contributed by atoms with Crippen LogP contribution in [0, 0.1) is 17.0 Å². The number of nitro benzene ring substituents is 1. The second kappa shape index (κ2) is 9.37. The van der Waals surface area contributed by atoms with Crippen LogP contribution < -0.4 is 4.90 Å². The van der Waals surface area contributed by atoms with Crippen molar-refractivity contribution in [1.29, 1.82) is 0 Å². The number of piperazine rings is 1. The van der Waals surface area contributed by atoms with Crippen LogP contribution in [0.15, 0.2) is 48.5 Å². The molecule has 36 heavy (non-hydrogen) atoms. The topological polar surface area (TPSA) is 117 Å². The number of aryl methyl sites for hydroxylation is 1. The van der Waals surface area contributed by atoms with Crippen molar-refractivity contribution < 1.29 is 19.3 Å². The Labute approximate surface area is 207 Å². The number of nitro groups is 1. The zero-order chi connectivity index (χ0) is 25.4. The summed E-state index contributed by atoms with van der Waals surface area (Å²) in [7, 11) is 0. The molecular weight excluding hydrogens is 462 g/mol. The number of carbonyl (C=O) groups excluding carboxylic acids is 3. The second-order valence-electron chi connectivity index (χ2n) is 9.03. The first kappa shape index (κ1) is 23.4. The number of imide groups is 1. The van der Waals surface area contributed by atoms with Crippen LogP contribution in [0.4, 0.5) is 11.5 Å². The number of hydrogen-bond acceptors (Lipinski definition) is 7. The van der Waals surface area contributed by atoms with E-state index in [-0.39, 0.29) is 35.7 Å². The number of amides is 3. The Balaban J connectivity index is 1.14. The van der Waals surface area contributed by atoms with E-state index < -0.39 is 16.7 Å². The summed E-state index contributed by atoms with van der Waals surface area (Å²) < 4.78 is 0. The first-order valence-electron chi connectivity index (χ1n) is 11.9. The molecule has 0 radical (unpaired) electrons. The number of pyridine rings is 1. The van der Waals surface area contributed by atoms with E-state index in [0.717, 1.165) is 33.3 Å². The summed E-state index contributed by atoms with van der Waals surface area (Å²) in [6, 6.07) is 13.8. The van der Waals surface area contributed by atoms with E-state index in [2.05, 4.69) is 24.0 Å². The molecule has 1 aromatic heterocycles. The third kappa shape index (κ3) is 4.26. The molecule has 0 saturated carbocycles. The van der Waals surface area contributed by atoms with Crippen molar-refractivity contribution in [2.24, 2.45) is 0 Å². The average Bonchev–Trinajstić information content (AvgIpc) is 3.13. The van der Waals surface area contributed by atoms with Gasteiger partial charge in [0.15, 0.2) is 0 Å². The number of rotatable bonds is 6. The SMILES string of the molecule is Cc1cc(N2CCN(C(=O)CCCN3C(=O)c4ccc([N+](=O)[O-])cc4C3=O)CC2)nc2ccccc12. The van der Waals surface area contributed by atoms with Gasteiger partial charge in [0.05, 0.1) is 21.6 Å². The first-order chi connectivity index (χ1) is 17.3. The van der Waals surface area contributed by atoms with Crippen LogP contribution in [0.3, 0.4) is 0 Å². The number of nitrogens with zero attached hydrogens (tertiary/aromatic N) is 5. The van der Waals surface area contributed by atoms with Gasteiger partial charge in [0.25, 0.3) is 17.5 Å². The summed E-state index contributed by atoms with van der Waals surface area (Å²) in [6.45, 7) is 4.66. The minimum absolute atomic E-state index is 0.0236. The summed E-state index contributed by atoms with van der Waals surface area (Å²) >= 11 is 0. The zero-order valence-corrected chi connectivity index (χ0v) is 19.8. The molecule has 5 rings (SSSR count). The van der Waals surface area contributed by atoms with Gasteiger partial charge in [-0.25, -0.2) is 4.98 Å². The van der Waals surface area contributed by atoms with E-state index in [9.17, 15) is 24.5 Å². The number of carbonyl (C=O) groups is 3. The standard InChI is InChI=1S/C26H25N5O5/c1-17-15-23(27-22-6-3-2-5-19(17)22)28-11-13-29(14-12-28)24(32)7-4-10-30-25(33)20-9-8-18(31(35)36)16-21(20)26(30)34/h2-3,5-6,8-9,15-16H,4,7,10-14H2,1H3. The van der Waals surface area contributed by atoms with Gasteiger partial charge >= 0.3 is 0 Å². The average molecular weight is 488 g/mol. The van der Waals surface area contributed by atoms with E-state index in [1.807, 2.05) is 18.2 Å². The first-order valence-corrected chi connectivity index (χ1v) is 11.9. The fraction of sp³-hybridized carbons (Fsp3) is 0.308. The van der Waals surface area contributed by atoms with Crippen LogP contribution in [-0.2, 0) is 4.79 Å². The fourth-order valence-electron chi connectivity index (χ4n) is 4.82. The van der Waals surface area contributed by atoms with E-state index >= 15 is 0 Å². The molecule has 0 atom stereocenters. The number of hydrogen-bond donors (Lipinski definition) is 0. The van der Waals surface area contributed by atoms with Gasteiger partial charge in [-0.2, -0.15) is 0 Å². The Kier molecular flexibility index (Phi) is 6.09. The van der Waals surface area contributed by atoms with Crippen LogP contribution in [0.5, 0.6) is 0 Å². The van der Waals surface area contributed by atoms with Crippen molar-refractivity contribution in [3.05, 3.63) is 75.3 Å². The highest BCUT2D eigenvalue weighted by molar-refractivity contribution is 6.21. The van der Waals surface area contributed by atoms with Crippen molar-refractivity contribution in [2.45, 2.75) is 19.8 Å². The monoisotopic (exact) mass is 487 g/mol. The number of aromatic nitrogens is 1. The van der Waals surface area contributed by atoms with Crippen LogP contribution in [0.2, 0.25) is 0 Å². The molecule has 2 aliphatic heterocycles. The molecule has 10 nitrogen and oxygen atoms in total. The van der Waals surface area contributed by atoms with Crippen LogP contribution in [-0.4, -0.2) is 70.2 Å². The molecule has 1 fully saturated rings. The predicted octanol–water partition coefficient (Wildman–Crippen LogP) is 3.18. The highest BCUT2D eigenvalue weighted by Crippen LogP contribution is 2.27. The van der Waals surface area contributed by atoms with Gasteiger partial charge in [0, 0.05) is 56.7 Å². The molecule has 2 aromatic carbocycles. The lowest BCUT2D eigenvalue weighted by molar-refractivity contribution is -0.384. The minimum atomic E-state index is -0.601. The molecule has 3 heterocycles. The van der Waals surface area contributed by atoms with Gasteiger partial charge in [-0.3, -0.25) is 29.4 Å². The van der Waals surface area contributed by atoms with Crippen molar-refractivity contribution in [1.82, 2.24) is 14.8 Å². The fourth-order valence-corrected chi connectivity index (χ4v) is 4.82. The van der Waals surface area contributed by atoms with Crippen molar-refractivity contribution in [3.8, 4) is 0 Å². The molecule has 0 unspecified atom stereocenters. The van der Waals surface area contributed by atoms with Gasteiger partial charge in [0.2, 0.25) is 5.91 Å². The minimum Gasteiger partial charge on any atom is -0.353 e. The van der Waals surface area contributed by atoms with Gasteiger partial charge < -0.3 is 9.80 Å². The lowest BCUT2D eigenvalue weighted by atomic mass is 10.1. The molecule has 10 heteroatoms. The van der Waals surface area contributed by atoms with Gasteiger partial charge in [0.1, 0.15) is 5.82 Å². The summed E-state index contributed by atoms with van der Waals surface area (Å²) in [6.07, 6.45) is 0.541. The maximum atomic E-state index is 12.8. The lowest BCUT2D eigenvalue weighted by Gasteiger charge is -2.35. The van der Waals surface area contributed by atoms with Crippen molar-refractivity contribution in [3.63, 3.8) is 0 Å². The zero-order valence-electron chi connectivity index (χ0n) is 19.8. The lowest BCUT2D eigenvalue weighted by Crippen LogP contribution is -2.49. The summed E-state index contributed by atoms with van der Waals surface area (Å²) in [5, 5.41) is 12.1. The molecule has 0 spiro atoms. The number of para-hydroxylation sites is 1. The van der Waals surface area contributed by atoms with Crippen LogP contribution >= 0.6 is 0 Å². The predicted molar refractivity (Wildman–Crippen MR) is 133 cm³/mol. The Morgan fingerprint density at radius 1 is 1.00 bits per heavy atom. The molecule has 2 aliphatic rings. The maximum absolute atomic E-state index is 12.8. The van der Waals surface area contributed by atoms with E-state index in [1.165, 1.54) is 12.1 Å². The molecular formula is C26H25N5O5. The summed E-state index contributed by atoms with van der Waals surface area (Å²) in [5.41, 5.74) is 2.07. The summed E-state index contributed by atoms with van der Waals surface area (Å²) in [4.78, 5) is 58.2. The normalized spacial score (nSPS) is 15.5. The van der Waals surface area contributed by atoms with E-state index in [1.54, 1.807) is 4.90 Å². The third-order valence-corrected chi connectivity index (χ3v) is 6.80. The quantitative estimate of drug-likeness (QED) is 0.298. The molecule has 0 bridgehead atoms. The van der Waals surface area contributed by atoms with Crippen molar-refractivity contribution in [2.75, 3.05) is 37.6 Å². The third-order valence-electron chi connectivity index (χ3n) is 6.80. The van der Waals surface area contributed by atoms with E-state index in [4.69, 9.17) is 4.98 Å². The molecule has 0 N–H and O–H groups in total. The van der Waals surface area contributed by atoms with Gasteiger partial charge in [-0.1, -0.05) is 18.2 Å². The Bertz CT molecular complexity index is 1400. The van der Waals surface area contributed by atoms with Gasteiger partial charge in [-0.15, -0.1) is 0 Å². The summed E-state index contributed by atoms with van der Waals surface area (Å²) in [5.74, 6) is -0.157. The van der Waals surface area contributed by atoms with Crippen LogP contribution in [0.1, 0.15) is 39.1 Å². The Morgan fingerprint density at radius 2 is 1.72 bits per heavy atom. The van der Waals surface area contributed by atoms with Crippen molar-refractivity contribution >= 4 is 40.1 Å². The highest BCUT2D eigenvalue weighted by atomic mass is 16.6. The van der Waals surface area contributed by atoms with Gasteiger partial charge in [-0.05, 0) is 37.1 Å². The van der Waals surface area contributed by atoms with Crippen LogP contribution in [0.25, 0.3) is 10.9 Å². The molecule has 0 aliphatic carbocycles. The highest BCUT2D eigenvalue weighted by Gasteiger charge is 2.36. The number of anilines is 1. The van der Waals surface area contributed by atoms with E-state index in [0.29, 0.717) is 32.6 Å².